The molecule has 0 N–H and O–H groups in total. The lowest BCUT2D eigenvalue weighted by Crippen LogP contribution is -2.17. The Morgan fingerprint density at radius 2 is 1.55 bits per heavy atom. The van der Waals surface area contributed by atoms with Gasteiger partial charge in [0.2, 0.25) is 0 Å². The Hall–Kier alpha value is -1.92. The van der Waals surface area contributed by atoms with Gasteiger partial charge in [0.05, 0.1) is 5.52 Å². The zero-order chi connectivity index (χ0) is 14.5. The molecule has 0 aliphatic rings. The molecule has 2 unspecified atom stereocenters. The van der Waals surface area contributed by atoms with Crippen LogP contribution >= 0.6 is 0 Å². The lowest BCUT2D eigenvalue weighted by Gasteiger charge is -2.19. The van der Waals surface area contributed by atoms with Crippen molar-refractivity contribution in [1.29, 1.82) is 0 Å². The van der Waals surface area contributed by atoms with Gasteiger partial charge in [-0.2, -0.15) is 0 Å². The molecule has 0 radical (unpaired) electrons. The SMILES string of the molecule is COC(C)Oc1cc2cncnc2cc1OC(C)OC. The van der Waals surface area contributed by atoms with Gasteiger partial charge >= 0.3 is 0 Å². The Labute approximate surface area is 117 Å². The highest BCUT2D eigenvalue weighted by Crippen LogP contribution is 2.33. The van der Waals surface area contributed by atoms with E-state index in [9.17, 15) is 0 Å². The molecule has 0 aliphatic heterocycles. The average molecular weight is 278 g/mol. The summed E-state index contributed by atoms with van der Waals surface area (Å²) in [6.07, 6.45) is 2.42. The Kier molecular flexibility index (Phi) is 4.70. The molecule has 0 aliphatic carbocycles. The predicted molar refractivity (Wildman–Crippen MR) is 73.7 cm³/mol. The van der Waals surface area contributed by atoms with Gasteiger partial charge in [-0.05, 0) is 19.9 Å². The third-order valence-corrected chi connectivity index (χ3v) is 2.82. The first-order valence-electron chi connectivity index (χ1n) is 6.26. The summed E-state index contributed by atoms with van der Waals surface area (Å²) in [4.78, 5) is 8.19. The first-order valence-corrected chi connectivity index (χ1v) is 6.26. The van der Waals surface area contributed by atoms with Crippen molar-refractivity contribution < 1.29 is 18.9 Å². The van der Waals surface area contributed by atoms with Gasteiger partial charge in [-0.3, -0.25) is 0 Å². The summed E-state index contributed by atoms with van der Waals surface area (Å²) in [6, 6.07) is 3.62. The molecule has 2 rings (SSSR count). The van der Waals surface area contributed by atoms with Crippen LogP contribution in [0.2, 0.25) is 0 Å². The minimum Gasteiger partial charge on any atom is -0.461 e. The van der Waals surface area contributed by atoms with E-state index in [1.54, 1.807) is 40.3 Å². The quantitative estimate of drug-likeness (QED) is 0.756. The zero-order valence-electron chi connectivity index (χ0n) is 12.0. The number of methoxy groups -OCH3 is 2. The minimum absolute atomic E-state index is 0.391. The van der Waals surface area contributed by atoms with Gasteiger partial charge in [0.15, 0.2) is 24.1 Å². The van der Waals surface area contributed by atoms with Crippen molar-refractivity contribution in [2.75, 3.05) is 14.2 Å². The van der Waals surface area contributed by atoms with Crippen molar-refractivity contribution in [1.82, 2.24) is 9.97 Å². The number of aromatic nitrogens is 2. The largest absolute Gasteiger partial charge is 0.461 e. The molecule has 0 amide bonds. The van der Waals surface area contributed by atoms with E-state index in [0.717, 1.165) is 10.9 Å². The molecule has 20 heavy (non-hydrogen) atoms. The fourth-order valence-electron chi connectivity index (χ4n) is 1.63. The molecule has 0 spiro atoms. The van der Waals surface area contributed by atoms with Crippen LogP contribution in [0.25, 0.3) is 10.9 Å². The summed E-state index contributed by atoms with van der Waals surface area (Å²) < 4.78 is 21.6. The highest BCUT2D eigenvalue weighted by molar-refractivity contribution is 5.81. The molecule has 2 atom stereocenters. The van der Waals surface area contributed by atoms with E-state index in [1.165, 1.54) is 6.33 Å². The Morgan fingerprint density at radius 3 is 2.15 bits per heavy atom. The summed E-state index contributed by atoms with van der Waals surface area (Å²) >= 11 is 0. The molecular formula is C14H18N2O4. The van der Waals surface area contributed by atoms with Gasteiger partial charge in [0.25, 0.3) is 0 Å². The normalized spacial score (nSPS) is 14.0. The molecule has 6 nitrogen and oxygen atoms in total. The van der Waals surface area contributed by atoms with Gasteiger partial charge in [0.1, 0.15) is 6.33 Å². The van der Waals surface area contributed by atoms with Crippen molar-refractivity contribution in [3.63, 3.8) is 0 Å². The average Bonchev–Trinajstić information content (AvgIpc) is 2.47. The molecule has 0 bridgehead atoms. The maximum Gasteiger partial charge on any atom is 0.196 e. The maximum absolute atomic E-state index is 5.69. The minimum atomic E-state index is -0.394. The number of hydrogen-bond acceptors (Lipinski definition) is 6. The first-order chi connectivity index (χ1) is 9.63. The van der Waals surface area contributed by atoms with Crippen LogP contribution in [-0.2, 0) is 9.47 Å². The van der Waals surface area contributed by atoms with Crippen molar-refractivity contribution in [3.05, 3.63) is 24.7 Å². The van der Waals surface area contributed by atoms with Crippen LogP contribution < -0.4 is 9.47 Å². The second-order valence-electron chi connectivity index (χ2n) is 4.22. The van der Waals surface area contributed by atoms with Gasteiger partial charge < -0.3 is 18.9 Å². The predicted octanol–water partition coefficient (Wildman–Crippen LogP) is 2.37. The van der Waals surface area contributed by atoms with Gasteiger partial charge in [-0.25, -0.2) is 9.97 Å². The lowest BCUT2D eigenvalue weighted by atomic mass is 10.2. The Morgan fingerprint density at radius 1 is 0.950 bits per heavy atom. The summed E-state index contributed by atoms with van der Waals surface area (Å²) in [6.45, 7) is 3.60. The van der Waals surface area contributed by atoms with Gasteiger partial charge in [-0.15, -0.1) is 0 Å². The summed E-state index contributed by atoms with van der Waals surface area (Å²) in [5, 5.41) is 0.864. The number of nitrogens with zero attached hydrogens (tertiary/aromatic N) is 2. The smallest absolute Gasteiger partial charge is 0.196 e. The molecule has 0 saturated carbocycles. The van der Waals surface area contributed by atoms with E-state index in [4.69, 9.17) is 18.9 Å². The topological polar surface area (TPSA) is 62.7 Å². The molecule has 0 fully saturated rings. The van der Waals surface area contributed by atoms with Crippen molar-refractivity contribution in [3.8, 4) is 11.5 Å². The van der Waals surface area contributed by atoms with Crippen LogP contribution in [-0.4, -0.2) is 36.8 Å². The number of ether oxygens (including phenoxy) is 4. The van der Waals surface area contributed by atoms with Crippen molar-refractivity contribution in [2.45, 2.75) is 26.4 Å². The fraction of sp³-hybridized carbons (Fsp3) is 0.429. The van der Waals surface area contributed by atoms with E-state index in [2.05, 4.69) is 9.97 Å². The highest BCUT2D eigenvalue weighted by atomic mass is 16.7. The van der Waals surface area contributed by atoms with E-state index in [0.29, 0.717) is 11.5 Å². The zero-order valence-corrected chi connectivity index (χ0v) is 12.0. The van der Waals surface area contributed by atoms with E-state index >= 15 is 0 Å². The number of rotatable bonds is 6. The maximum atomic E-state index is 5.69. The van der Waals surface area contributed by atoms with Crippen LogP contribution in [0.1, 0.15) is 13.8 Å². The number of hydrogen-bond donors (Lipinski definition) is 0. The van der Waals surface area contributed by atoms with Crippen LogP contribution in [0.3, 0.4) is 0 Å². The fourth-order valence-corrected chi connectivity index (χ4v) is 1.63. The molecule has 2 aromatic rings. The Bertz CT molecular complexity index is 526. The van der Waals surface area contributed by atoms with Crippen LogP contribution in [0.4, 0.5) is 0 Å². The van der Waals surface area contributed by atoms with Crippen molar-refractivity contribution in [2.24, 2.45) is 0 Å². The standard InChI is InChI=1S/C14H18N2O4/c1-9(17-3)19-13-5-11-7-15-8-16-12(11)6-14(13)20-10(2)18-4/h5-10H,1-4H3. The monoisotopic (exact) mass is 278 g/mol. The van der Waals surface area contributed by atoms with E-state index in [1.807, 2.05) is 6.07 Å². The first kappa shape index (κ1) is 14.5. The van der Waals surface area contributed by atoms with Crippen molar-refractivity contribution >= 4 is 10.9 Å². The van der Waals surface area contributed by atoms with Crippen LogP contribution in [0.5, 0.6) is 11.5 Å². The molecule has 6 heteroatoms. The van der Waals surface area contributed by atoms with Gasteiger partial charge in [0, 0.05) is 31.9 Å². The molecule has 1 aromatic carbocycles. The molecule has 1 aromatic heterocycles. The number of fused-ring (bicyclic) bond motifs is 1. The lowest BCUT2D eigenvalue weighted by molar-refractivity contribution is -0.0551. The highest BCUT2D eigenvalue weighted by Gasteiger charge is 2.14. The second kappa shape index (κ2) is 6.49. The summed E-state index contributed by atoms with van der Waals surface area (Å²) in [5.41, 5.74) is 0.774. The van der Waals surface area contributed by atoms with Crippen LogP contribution in [0.15, 0.2) is 24.7 Å². The van der Waals surface area contributed by atoms with E-state index < -0.39 is 12.6 Å². The van der Waals surface area contributed by atoms with Gasteiger partial charge in [-0.1, -0.05) is 0 Å². The van der Waals surface area contributed by atoms with Crippen LogP contribution in [0, 0.1) is 0 Å². The molecule has 0 saturated heterocycles. The third-order valence-electron chi connectivity index (χ3n) is 2.82. The second-order valence-corrected chi connectivity index (χ2v) is 4.22. The third kappa shape index (κ3) is 3.34. The molecule has 1 heterocycles. The molecular weight excluding hydrogens is 260 g/mol. The van der Waals surface area contributed by atoms with E-state index in [-0.39, 0.29) is 0 Å². The number of benzene rings is 1. The molecule has 108 valence electrons. The summed E-state index contributed by atoms with van der Waals surface area (Å²) in [7, 11) is 3.15. The summed E-state index contributed by atoms with van der Waals surface area (Å²) in [5.74, 6) is 1.11. The Balaban J connectivity index is 2.41.